The van der Waals surface area contributed by atoms with Crippen molar-refractivity contribution in [3.05, 3.63) is 66.3 Å². The predicted octanol–water partition coefficient (Wildman–Crippen LogP) is 3.63. The van der Waals surface area contributed by atoms with E-state index in [1.54, 1.807) is 18.2 Å². The molecule has 1 saturated heterocycles. The van der Waals surface area contributed by atoms with E-state index in [9.17, 15) is 13.0 Å². The fraction of sp³-hybridized carbons (Fsp3) is 0.333. The smallest absolute Gasteiger partial charge is 0.294 e. The Morgan fingerprint density at radius 2 is 2.04 bits per heavy atom. The topological polar surface area (TPSA) is 66.9 Å². The average molecular weight is 334 g/mol. The Kier molecular flexibility index (Phi) is 5.93. The van der Waals surface area contributed by atoms with Crippen LogP contribution in [0.5, 0.6) is 0 Å². The summed E-state index contributed by atoms with van der Waals surface area (Å²) in [5.74, 6) is 0. The molecule has 0 bridgehead atoms. The quantitative estimate of drug-likeness (QED) is 0.341. The van der Waals surface area contributed by atoms with Crippen LogP contribution in [0, 0.1) is 6.92 Å². The Morgan fingerprint density at radius 1 is 1.26 bits per heavy atom. The zero-order chi connectivity index (χ0) is 16.9. The Labute approximate surface area is 137 Å². The van der Waals surface area contributed by atoms with Crippen LogP contribution in [0.2, 0.25) is 0 Å². The van der Waals surface area contributed by atoms with E-state index in [1.807, 2.05) is 19.1 Å². The Bertz CT molecular complexity index is 717. The molecule has 23 heavy (non-hydrogen) atoms. The summed E-state index contributed by atoms with van der Waals surface area (Å²) in [6.45, 7) is 5.50. The zero-order valence-electron chi connectivity index (χ0n) is 13.2. The molecule has 124 valence electrons. The average Bonchev–Trinajstić information content (AvgIpc) is 3.19. The van der Waals surface area contributed by atoms with Gasteiger partial charge in [0.25, 0.3) is 10.1 Å². The lowest BCUT2D eigenvalue weighted by Gasteiger charge is -2.06. The summed E-state index contributed by atoms with van der Waals surface area (Å²) in [6.07, 6.45) is 12.1. The van der Waals surface area contributed by atoms with Crippen LogP contribution in [0.3, 0.4) is 0 Å². The number of ether oxygens (including phenoxy) is 1. The largest absolute Gasteiger partial charge is 0.369 e. The highest BCUT2D eigenvalue weighted by Crippen LogP contribution is 2.31. The molecule has 1 heterocycles. The fourth-order valence-corrected chi connectivity index (χ4v) is 3.20. The maximum absolute atomic E-state index is 11.4. The van der Waals surface area contributed by atoms with Crippen LogP contribution in [0.4, 0.5) is 0 Å². The van der Waals surface area contributed by atoms with E-state index < -0.39 is 10.1 Å². The van der Waals surface area contributed by atoms with Gasteiger partial charge in [-0.1, -0.05) is 54.7 Å². The van der Waals surface area contributed by atoms with Crippen LogP contribution >= 0.6 is 0 Å². The third kappa shape index (κ3) is 5.46. The molecule has 0 saturated carbocycles. The van der Waals surface area contributed by atoms with Crippen molar-refractivity contribution in [3.8, 4) is 0 Å². The third-order valence-electron chi connectivity index (χ3n) is 3.68. The van der Waals surface area contributed by atoms with Crippen molar-refractivity contribution in [2.45, 2.75) is 43.3 Å². The standard InChI is InChI=1S/C18H22O4S/c1-3-4-5-6-7-8-9-16-17(22-16)13-15-12-14(2)10-11-18(15)23(19,20)21/h3-5,7-8,10-12,16-17H,1,6,9,13H2,2H3,(H,19,20,21)/t16-,17+/m1/s1. The van der Waals surface area contributed by atoms with E-state index in [1.165, 1.54) is 6.07 Å². The number of epoxide rings is 1. The summed E-state index contributed by atoms with van der Waals surface area (Å²) in [7, 11) is -4.20. The molecule has 1 aliphatic heterocycles. The molecule has 2 rings (SSSR count). The summed E-state index contributed by atoms with van der Waals surface area (Å²) in [5.41, 5.74) is 1.57. The Balaban J connectivity index is 1.91. The molecular weight excluding hydrogens is 312 g/mol. The van der Waals surface area contributed by atoms with Gasteiger partial charge in [-0.2, -0.15) is 8.42 Å². The molecule has 1 aromatic rings. The first-order valence-electron chi connectivity index (χ1n) is 7.57. The van der Waals surface area contributed by atoms with Crippen molar-refractivity contribution in [2.75, 3.05) is 0 Å². The van der Waals surface area contributed by atoms with Crippen LogP contribution in [0.25, 0.3) is 0 Å². The summed E-state index contributed by atoms with van der Waals surface area (Å²) < 4.78 is 37.8. The number of rotatable bonds is 8. The van der Waals surface area contributed by atoms with Crippen LogP contribution in [-0.2, 0) is 21.3 Å². The molecule has 0 radical (unpaired) electrons. The molecule has 2 atom stereocenters. The van der Waals surface area contributed by atoms with Crippen LogP contribution in [-0.4, -0.2) is 25.2 Å². The molecule has 0 spiro atoms. The summed E-state index contributed by atoms with van der Waals surface area (Å²) in [6, 6.07) is 4.92. The van der Waals surface area contributed by atoms with Gasteiger partial charge in [-0.15, -0.1) is 0 Å². The first-order chi connectivity index (χ1) is 10.9. The SMILES string of the molecule is C=CC=CCC=CC[C@H]1O[C@H]1Cc1cc(C)ccc1S(=O)(=O)O. The monoisotopic (exact) mass is 334 g/mol. The molecule has 5 heteroatoms. The van der Waals surface area contributed by atoms with Gasteiger partial charge in [0, 0.05) is 6.42 Å². The molecule has 0 aliphatic carbocycles. The minimum atomic E-state index is -4.20. The maximum Gasteiger partial charge on any atom is 0.294 e. The fourth-order valence-electron chi connectivity index (χ4n) is 2.48. The van der Waals surface area contributed by atoms with Gasteiger partial charge in [0.2, 0.25) is 0 Å². The minimum Gasteiger partial charge on any atom is -0.369 e. The lowest BCUT2D eigenvalue weighted by Crippen LogP contribution is -2.07. The molecule has 1 aromatic carbocycles. The second-order valence-corrected chi connectivity index (χ2v) is 7.00. The van der Waals surface area contributed by atoms with Gasteiger partial charge < -0.3 is 4.74 Å². The van der Waals surface area contributed by atoms with Gasteiger partial charge in [0.1, 0.15) is 0 Å². The van der Waals surface area contributed by atoms with Gasteiger partial charge in [0.15, 0.2) is 0 Å². The molecule has 4 nitrogen and oxygen atoms in total. The van der Waals surface area contributed by atoms with Crippen molar-refractivity contribution in [3.63, 3.8) is 0 Å². The van der Waals surface area contributed by atoms with Gasteiger partial charge >= 0.3 is 0 Å². The van der Waals surface area contributed by atoms with Gasteiger partial charge in [-0.3, -0.25) is 4.55 Å². The zero-order valence-corrected chi connectivity index (χ0v) is 14.0. The van der Waals surface area contributed by atoms with Crippen molar-refractivity contribution in [1.29, 1.82) is 0 Å². The van der Waals surface area contributed by atoms with Crippen molar-refractivity contribution in [2.24, 2.45) is 0 Å². The highest BCUT2D eigenvalue weighted by molar-refractivity contribution is 7.85. The van der Waals surface area contributed by atoms with E-state index in [-0.39, 0.29) is 17.1 Å². The predicted molar refractivity (Wildman–Crippen MR) is 91.1 cm³/mol. The highest BCUT2D eigenvalue weighted by Gasteiger charge is 2.38. The lowest BCUT2D eigenvalue weighted by molar-refractivity contribution is 0.369. The van der Waals surface area contributed by atoms with Crippen molar-refractivity contribution >= 4 is 10.1 Å². The van der Waals surface area contributed by atoms with Gasteiger partial charge in [0.05, 0.1) is 17.1 Å². The second kappa shape index (κ2) is 7.73. The first-order valence-corrected chi connectivity index (χ1v) is 9.01. The third-order valence-corrected chi connectivity index (χ3v) is 4.64. The minimum absolute atomic E-state index is 0.00525. The molecule has 1 fully saturated rings. The number of aryl methyl sites for hydroxylation is 1. The van der Waals surface area contributed by atoms with E-state index in [4.69, 9.17) is 4.74 Å². The maximum atomic E-state index is 11.4. The second-order valence-electron chi connectivity index (χ2n) is 5.61. The summed E-state index contributed by atoms with van der Waals surface area (Å²) in [5, 5.41) is 0. The number of allylic oxidation sites excluding steroid dienone is 4. The molecule has 1 aliphatic rings. The highest BCUT2D eigenvalue weighted by atomic mass is 32.2. The Hall–Kier alpha value is -1.69. The van der Waals surface area contributed by atoms with Gasteiger partial charge in [-0.25, -0.2) is 0 Å². The van der Waals surface area contributed by atoms with E-state index in [0.717, 1.165) is 18.4 Å². The van der Waals surface area contributed by atoms with Crippen LogP contribution in [0.15, 0.2) is 60.1 Å². The van der Waals surface area contributed by atoms with E-state index in [2.05, 4.69) is 18.7 Å². The lowest BCUT2D eigenvalue weighted by atomic mass is 10.0. The molecular formula is C18H22O4S. The van der Waals surface area contributed by atoms with E-state index >= 15 is 0 Å². The number of benzene rings is 1. The normalized spacial score (nSPS) is 21.1. The van der Waals surface area contributed by atoms with Gasteiger partial charge in [-0.05, 0) is 31.4 Å². The molecule has 0 aromatic heterocycles. The first kappa shape index (κ1) is 17.7. The summed E-state index contributed by atoms with van der Waals surface area (Å²) >= 11 is 0. The van der Waals surface area contributed by atoms with Crippen LogP contribution < -0.4 is 0 Å². The van der Waals surface area contributed by atoms with E-state index in [0.29, 0.717) is 12.0 Å². The van der Waals surface area contributed by atoms with Crippen molar-refractivity contribution in [1.82, 2.24) is 0 Å². The molecule has 0 amide bonds. The summed E-state index contributed by atoms with van der Waals surface area (Å²) in [4.78, 5) is -0.0255. The number of hydrogen-bond acceptors (Lipinski definition) is 3. The Morgan fingerprint density at radius 3 is 2.74 bits per heavy atom. The molecule has 1 N–H and O–H groups in total. The van der Waals surface area contributed by atoms with Crippen LogP contribution in [0.1, 0.15) is 24.0 Å². The number of hydrogen-bond donors (Lipinski definition) is 1. The molecule has 0 unspecified atom stereocenters. The van der Waals surface area contributed by atoms with Crippen molar-refractivity contribution < 1.29 is 17.7 Å².